The molecule has 0 radical (unpaired) electrons. The van der Waals surface area contributed by atoms with E-state index in [4.69, 9.17) is 4.74 Å². The minimum Gasteiger partial charge on any atom is -0.476 e. The third-order valence-corrected chi connectivity index (χ3v) is 3.96. The number of likely N-dealkylation sites (N-methyl/N-ethyl adjacent to an activating group) is 1. The van der Waals surface area contributed by atoms with Crippen LogP contribution in [0, 0.1) is 0 Å². The second kappa shape index (κ2) is 6.66. The monoisotopic (exact) mass is 327 g/mol. The summed E-state index contributed by atoms with van der Waals surface area (Å²) in [5.41, 5.74) is 0. The van der Waals surface area contributed by atoms with Gasteiger partial charge in [0.25, 0.3) is 0 Å². The fourth-order valence-corrected chi connectivity index (χ4v) is 2.66. The van der Waals surface area contributed by atoms with Gasteiger partial charge in [0.15, 0.2) is 0 Å². The zero-order valence-electron chi connectivity index (χ0n) is 11.9. The Balaban J connectivity index is 1.98. The molecular weight excluding hydrogens is 306 g/mol. The third-order valence-electron chi connectivity index (χ3n) is 3.55. The summed E-state index contributed by atoms with van der Waals surface area (Å²) in [6, 6.07) is 2.35. The van der Waals surface area contributed by atoms with Crippen molar-refractivity contribution >= 4 is 15.9 Å². The van der Waals surface area contributed by atoms with Crippen LogP contribution in [-0.4, -0.2) is 41.1 Å². The quantitative estimate of drug-likeness (QED) is 0.796. The first-order chi connectivity index (χ1) is 9.06. The molecule has 0 spiro atoms. The summed E-state index contributed by atoms with van der Waals surface area (Å²) >= 11 is 3.42. The molecule has 1 unspecified atom stereocenters. The van der Waals surface area contributed by atoms with E-state index < -0.39 is 0 Å². The van der Waals surface area contributed by atoms with Crippen molar-refractivity contribution < 1.29 is 4.74 Å². The average Bonchev–Trinajstić information content (AvgIpc) is 2.37. The van der Waals surface area contributed by atoms with Crippen molar-refractivity contribution in [2.45, 2.75) is 45.1 Å². The predicted molar refractivity (Wildman–Crippen MR) is 79.6 cm³/mol. The molecule has 1 atom stereocenters. The van der Waals surface area contributed by atoms with Gasteiger partial charge in [0.1, 0.15) is 17.0 Å². The number of hydrogen-bond acceptors (Lipinski definition) is 4. The molecule has 1 saturated heterocycles. The van der Waals surface area contributed by atoms with Gasteiger partial charge in [-0.15, -0.1) is 0 Å². The number of ether oxygens (including phenoxy) is 1. The molecule has 19 heavy (non-hydrogen) atoms. The number of nitrogens with zero attached hydrogens (tertiary/aromatic N) is 3. The smallest absolute Gasteiger partial charge is 0.217 e. The van der Waals surface area contributed by atoms with Crippen LogP contribution in [0.4, 0.5) is 0 Å². The summed E-state index contributed by atoms with van der Waals surface area (Å²) in [6.45, 7) is 6.04. The Hall–Kier alpha value is -0.680. The average molecular weight is 328 g/mol. The van der Waals surface area contributed by atoms with Gasteiger partial charge in [-0.3, -0.25) is 0 Å². The lowest BCUT2D eigenvalue weighted by atomic mass is 10.0. The Labute approximate surface area is 123 Å². The van der Waals surface area contributed by atoms with Gasteiger partial charge in [0, 0.05) is 18.0 Å². The van der Waals surface area contributed by atoms with Gasteiger partial charge in [0.2, 0.25) is 5.88 Å². The van der Waals surface area contributed by atoms with E-state index in [0.717, 1.165) is 10.4 Å². The van der Waals surface area contributed by atoms with Crippen LogP contribution in [0.1, 0.15) is 44.9 Å². The molecule has 0 amide bonds. The van der Waals surface area contributed by atoms with Crippen molar-refractivity contribution in [3.8, 4) is 5.88 Å². The molecule has 1 fully saturated rings. The molecule has 1 aromatic rings. The molecule has 5 heteroatoms. The normalized spacial score (nSPS) is 20.8. The van der Waals surface area contributed by atoms with Crippen LogP contribution in [0.5, 0.6) is 5.88 Å². The molecule has 1 aromatic heterocycles. The van der Waals surface area contributed by atoms with Gasteiger partial charge in [-0.2, -0.15) is 4.98 Å². The third kappa shape index (κ3) is 4.14. The number of rotatable bonds is 4. The van der Waals surface area contributed by atoms with Gasteiger partial charge in [-0.1, -0.05) is 20.3 Å². The summed E-state index contributed by atoms with van der Waals surface area (Å²) in [5, 5.41) is 0. The first-order valence-electron chi connectivity index (χ1n) is 6.94. The summed E-state index contributed by atoms with van der Waals surface area (Å²) < 4.78 is 6.65. The highest BCUT2D eigenvalue weighted by molar-refractivity contribution is 9.10. The molecule has 0 bridgehead atoms. The molecule has 2 rings (SSSR count). The standard InChI is InChI=1S/C14H22BrN3O/c1-10(2)14-16-12(15)8-13(17-14)19-9-11-6-4-5-7-18(11)3/h8,10-11H,4-7,9H2,1-3H3. The van der Waals surface area contributed by atoms with Gasteiger partial charge >= 0.3 is 0 Å². The maximum absolute atomic E-state index is 5.86. The lowest BCUT2D eigenvalue weighted by molar-refractivity contribution is 0.122. The van der Waals surface area contributed by atoms with E-state index in [1.54, 1.807) is 0 Å². The highest BCUT2D eigenvalue weighted by atomic mass is 79.9. The van der Waals surface area contributed by atoms with Crippen molar-refractivity contribution in [1.29, 1.82) is 0 Å². The van der Waals surface area contributed by atoms with Crippen molar-refractivity contribution in [2.24, 2.45) is 0 Å². The minimum atomic E-state index is 0.303. The molecular formula is C14H22BrN3O. The lowest BCUT2D eigenvalue weighted by Crippen LogP contribution is -2.40. The topological polar surface area (TPSA) is 38.2 Å². The van der Waals surface area contributed by atoms with Gasteiger partial charge in [-0.05, 0) is 42.4 Å². The van der Waals surface area contributed by atoms with E-state index in [2.05, 4.69) is 51.7 Å². The molecule has 106 valence electrons. The predicted octanol–water partition coefficient (Wildman–Crippen LogP) is 3.23. The maximum Gasteiger partial charge on any atom is 0.217 e. The van der Waals surface area contributed by atoms with E-state index in [-0.39, 0.29) is 0 Å². The number of piperidine rings is 1. The van der Waals surface area contributed by atoms with Gasteiger partial charge in [-0.25, -0.2) is 4.98 Å². The van der Waals surface area contributed by atoms with E-state index in [9.17, 15) is 0 Å². The summed E-state index contributed by atoms with van der Waals surface area (Å²) in [6.07, 6.45) is 3.80. The van der Waals surface area contributed by atoms with Crippen molar-refractivity contribution in [3.63, 3.8) is 0 Å². The van der Waals surface area contributed by atoms with Gasteiger partial charge < -0.3 is 9.64 Å². The zero-order chi connectivity index (χ0) is 13.8. The molecule has 0 N–H and O–H groups in total. The molecule has 0 aliphatic carbocycles. The van der Waals surface area contributed by atoms with E-state index in [1.807, 2.05) is 6.07 Å². The molecule has 1 aliphatic heterocycles. The Bertz CT molecular complexity index is 425. The molecule has 0 saturated carbocycles. The van der Waals surface area contributed by atoms with Crippen LogP contribution in [0.3, 0.4) is 0 Å². The lowest BCUT2D eigenvalue weighted by Gasteiger charge is -2.31. The van der Waals surface area contributed by atoms with Crippen molar-refractivity contribution in [1.82, 2.24) is 14.9 Å². The van der Waals surface area contributed by atoms with Crippen LogP contribution >= 0.6 is 15.9 Å². The molecule has 1 aliphatic rings. The number of hydrogen-bond donors (Lipinski definition) is 0. The largest absolute Gasteiger partial charge is 0.476 e. The van der Waals surface area contributed by atoms with E-state index >= 15 is 0 Å². The van der Waals surface area contributed by atoms with E-state index in [1.165, 1.54) is 25.8 Å². The second-order valence-electron chi connectivity index (χ2n) is 5.48. The highest BCUT2D eigenvalue weighted by Gasteiger charge is 2.19. The Morgan fingerprint density at radius 3 is 2.89 bits per heavy atom. The second-order valence-corrected chi connectivity index (χ2v) is 6.30. The molecule has 4 nitrogen and oxygen atoms in total. The first-order valence-corrected chi connectivity index (χ1v) is 7.73. The van der Waals surface area contributed by atoms with Crippen LogP contribution < -0.4 is 4.74 Å². The van der Waals surface area contributed by atoms with Crippen LogP contribution in [0.25, 0.3) is 0 Å². The van der Waals surface area contributed by atoms with Crippen molar-refractivity contribution in [2.75, 3.05) is 20.2 Å². The van der Waals surface area contributed by atoms with Crippen LogP contribution in [0.2, 0.25) is 0 Å². The summed E-state index contributed by atoms with van der Waals surface area (Å²) in [4.78, 5) is 11.2. The number of likely N-dealkylation sites (tertiary alicyclic amines) is 1. The number of halogens is 1. The molecule has 2 heterocycles. The molecule has 0 aromatic carbocycles. The zero-order valence-corrected chi connectivity index (χ0v) is 13.5. The fraction of sp³-hybridized carbons (Fsp3) is 0.714. The highest BCUT2D eigenvalue weighted by Crippen LogP contribution is 2.20. The maximum atomic E-state index is 5.86. The van der Waals surface area contributed by atoms with Crippen LogP contribution in [-0.2, 0) is 0 Å². The van der Waals surface area contributed by atoms with Gasteiger partial charge in [0.05, 0.1) is 0 Å². The summed E-state index contributed by atoms with van der Waals surface area (Å²) in [5.74, 6) is 1.79. The number of aromatic nitrogens is 2. The first kappa shape index (κ1) is 14.7. The fourth-order valence-electron chi connectivity index (χ4n) is 2.28. The Morgan fingerprint density at radius 2 is 2.21 bits per heavy atom. The Kier molecular flexibility index (Phi) is 5.16. The minimum absolute atomic E-state index is 0.303. The van der Waals surface area contributed by atoms with E-state index in [0.29, 0.717) is 24.4 Å². The Morgan fingerprint density at radius 1 is 1.42 bits per heavy atom. The van der Waals surface area contributed by atoms with Crippen molar-refractivity contribution in [3.05, 3.63) is 16.5 Å². The van der Waals surface area contributed by atoms with Crippen LogP contribution in [0.15, 0.2) is 10.7 Å². The summed E-state index contributed by atoms with van der Waals surface area (Å²) in [7, 11) is 2.17. The SMILES string of the molecule is CC(C)c1nc(Br)cc(OCC2CCCCN2C)n1.